The van der Waals surface area contributed by atoms with Crippen molar-refractivity contribution >= 4 is 5.78 Å². The molecule has 1 nitrogen and oxygen atoms in total. The fourth-order valence-corrected chi connectivity index (χ4v) is 3.01. The van der Waals surface area contributed by atoms with Crippen molar-refractivity contribution in [3.05, 3.63) is 95.1 Å². The lowest BCUT2D eigenvalue weighted by Gasteiger charge is -2.17. The Bertz CT molecular complexity index is 693. The number of allylic oxidation sites excluding steroid dienone is 4. The predicted octanol–water partition coefficient (Wildman–Crippen LogP) is 4.47. The van der Waals surface area contributed by atoms with Gasteiger partial charge in [0.1, 0.15) is 0 Å². The van der Waals surface area contributed by atoms with Crippen LogP contribution in [0.4, 0.5) is 0 Å². The second kappa shape index (κ2) is 5.92. The van der Waals surface area contributed by atoms with Crippen molar-refractivity contribution in [2.45, 2.75) is 19.3 Å². The van der Waals surface area contributed by atoms with Crippen molar-refractivity contribution in [2.75, 3.05) is 0 Å². The van der Waals surface area contributed by atoms with Crippen molar-refractivity contribution in [3.8, 4) is 0 Å². The third-order valence-corrected chi connectivity index (χ3v) is 3.98. The molecule has 1 unspecified atom stereocenters. The Morgan fingerprint density at radius 3 is 2.19 bits per heavy atom. The van der Waals surface area contributed by atoms with E-state index in [-0.39, 0.29) is 11.7 Å². The van der Waals surface area contributed by atoms with Gasteiger partial charge in [0, 0.05) is 11.5 Å². The van der Waals surface area contributed by atoms with Gasteiger partial charge in [0.15, 0.2) is 5.78 Å². The number of ketones is 1. The first-order valence-electron chi connectivity index (χ1n) is 7.29. The van der Waals surface area contributed by atoms with E-state index < -0.39 is 0 Å². The Balaban J connectivity index is 1.98. The van der Waals surface area contributed by atoms with Gasteiger partial charge in [-0.15, -0.1) is 0 Å². The standard InChI is InChI=1S/C20H18O/c1-2-18-19(21)14-17(13-15-9-5-3-6-10-15)20(18)16-11-7-4-8-12-16/h2-12,14,20H,13H2,1H3/b18-2-. The van der Waals surface area contributed by atoms with E-state index in [1.807, 2.05) is 55.5 Å². The Kier molecular flexibility index (Phi) is 3.83. The fourth-order valence-electron chi connectivity index (χ4n) is 3.01. The highest BCUT2D eigenvalue weighted by Crippen LogP contribution is 2.39. The third kappa shape index (κ3) is 2.73. The SMILES string of the molecule is C/C=C1/C(=O)C=C(Cc2ccccc2)C1c1ccccc1. The van der Waals surface area contributed by atoms with Gasteiger partial charge in [-0.1, -0.05) is 66.7 Å². The van der Waals surface area contributed by atoms with Crippen LogP contribution in [0.3, 0.4) is 0 Å². The number of hydrogen-bond donors (Lipinski definition) is 0. The van der Waals surface area contributed by atoms with Crippen molar-refractivity contribution in [1.29, 1.82) is 0 Å². The number of carbonyl (C=O) groups excluding carboxylic acids is 1. The van der Waals surface area contributed by atoms with Crippen LogP contribution in [0.25, 0.3) is 0 Å². The molecule has 2 aromatic rings. The quantitative estimate of drug-likeness (QED) is 0.755. The number of carbonyl (C=O) groups is 1. The van der Waals surface area contributed by atoms with Gasteiger partial charge in [0.05, 0.1) is 0 Å². The molecule has 0 amide bonds. The summed E-state index contributed by atoms with van der Waals surface area (Å²) in [5, 5.41) is 0. The molecular weight excluding hydrogens is 256 g/mol. The Labute approximate surface area is 125 Å². The van der Waals surface area contributed by atoms with Crippen LogP contribution in [0, 0.1) is 0 Å². The van der Waals surface area contributed by atoms with Crippen molar-refractivity contribution < 1.29 is 4.79 Å². The lowest BCUT2D eigenvalue weighted by molar-refractivity contribution is -0.111. The summed E-state index contributed by atoms with van der Waals surface area (Å²) in [6.45, 7) is 1.95. The molecule has 0 heterocycles. The molecule has 104 valence electrons. The summed E-state index contributed by atoms with van der Waals surface area (Å²) in [6, 6.07) is 20.6. The number of hydrogen-bond acceptors (Lipinski definition) is 1. The Morgan fingerprint density at radius 1 is 0.952 bits per heavy atom. The van der Waals surface area contributed by atoms with Crippen molar-refractivity contribution in [2.24, 2.45) is 0 Å². The molecule has 0 saturated carbocycles. The monoisotopic (exact) mass is 274 g/mol. The predicted molar refractivity (Wildman–Crippen MR) is 86.2 cm³/mol. The maximum atomic E-state index is 12.2. The fraction of sp³-hybridized carbons (Fsp3) is 0.150. The van der Waals surface area contributed by atoms with Crippen LogP contribution < -0.4 is 0 Å². The van der Waals surface area contributed by atoms with Gasteiger partial charge in [-0.05, 0) is 36.1 Å². The minimum Gasteiger partial charge on any atom is -0.290 e. The van der Waals surface area contributed by atoms with Crippen LogP contribution in [0.2, 0.25) is 0 Å². The average molecular weight is 274 g/mol. The molecule has 0 aromatic heterocycles. The first-order chi connectivity index (χ1) is 10.3. The average Bonchev–Trinajstić information content (AvgIpc) is 2.84. The van der Waals surface area contributed by atoms with Crippen LogP contribution in [-0.2, 0) is 11.2 Å². The van der Waals surface area contributed by atoms with E-state index in [0.29, 0.717) is 0 Å². The molecule has 1 aliphatic carbocycles. The van der Waals surface area contributed by atoms with Gasteiger partial charge in [-0.25, -0.2) is 0 Å². The third-order valence-electron chi connectivity index (χ3n) is 3.98. The highest BCUT2D eigenvalue weighted by Gasteiger charge is 2.30. The summed E-state index contributed by atoms with van der Waals surface area (Å²) in [5.74, 6) is 0.251. The highest BCUT2D eigenvalue weighted by molar-refractivity contribution is 6.09. The normalized spacial score (nSPS) is 19.9. The zero-order valence-corrected chi connectivity index (χ0v) is 12.1. The van der Waals surface area contributed by atoms with Gasteiger partial charge >= 0.3 is 0 Å². The topological polar surface area (TPSA) is 17.1 Å². The van der Waals surface area contributed by atoms with Gasteiger partial charge in [0.25, 0.3) is 0 Å². The second-order valence-corrected chi connectivity index (χ2v) is 5.33. The van der Waals surface area contributed by atoms with Gasteiger partial charge in [-0.2, -0.15) is 0 Å². The van der Waals surface area contributed by atoms with Gasteiger partial charge in [0.2, 0.25) is 0 Å². The van der Waals surface area contributed by atoms with Crippen LogP contribution in [0.5, 0.6) is 0 Å². The van der Waals surface area contributed by atoms with Crippen LogP contribution in [0.15, 0.2) is 84.0 Å². The molecule has 0 spiro atoms. The molecule has 0 aliphatic heterocycles. The molecule has 1 aliphatic rings. The zero-order valence-electron chi connectivity index (χ0n) is 12.1. The summed E-state index contributed by atoms with van der Waals surface area (Å²) < 4.78 is 0. The smallest absolute Gasteiger partial charge is 0.182 e. The van der Waals surface area contributed by atoms with E-state index in [4.69, 9.17) is 0 Å². The van der Waals surface area contributed by atoms with E-state index in [1.54, 1.807) is 0 Å². The lowest BCUT2D eigenvalue weighted by atomic mass is 9.86. The molecule has 0 fully saturated rings. The molecule has 3 rings (SSSR count). The largest absolute Gasteiger partial charge is 0.290 e. The minimum atomic E-state index is 0.101. The lowest BCUT2D eigenvalue weighted by Crippen LogP contribution is -2.05. The van der Waals surface area contributed by atoms with Crippen LogP contribution >= 0.6 is 0 Å². The van der Waals surface area contributed by atoms with Gasteiger partial charge < -0.3 is 0 Å². The van der Waals surface area contributed by atoms with E-state index in [1.165, 1.54) is 16.7 Å². The van der Waals surface area contributed by atoms with Crippen molar-refractivity contribution in [1.82, 2.24) is 0 Å². The van der Waals surface area contributed by atoms with E-state index >= 15 is 0 Å². The van der Waals surface area contributed by atoms with Crippen LogP contribution in [-0.4, -0.2) is 5.78 Å². The summed E-state index contributed by atoms with van der Waals surface area (Å²) in [7, 11) is 0. The molecule has 21 heavy (non-hydrogen) atoms. The Hall–Kier alpha value is -2.41. The highest BCUT2D eigenvalue weighted by atomic mass is 16.1. The molecule has 0 saturated heterocycles. The molecule has 2 aromatic carbocycles. The van der Waals surface area contributed by atoms with Crippen molar-refractivity contribution in [3.63, 3.8) is 0 Å². The summed E-state index contributed by atoms with van der Waals surface area (Å²) >= 11 is 0. The molecule has 1 heteroatoms. The number of rotatable bonds is 3. The van der Waals surface area contributed by atoms with E-state index in [2.05, 4.69) is 24.3 Å². The van der Waals surface area contributed by atoms with Crippen LogP contribution in [0.1, 0.15) is 24.0 Å². The zero-order chi connectivity index (χ0) is 14.7. The molecular formula is C20H18O. The summed E-state index contributed by atoms with van der Waals surface area (Å²) in [6.07, 6.45) is 4.60. The number of benzene rings is 2. The maximum Gasteiger partial charge on any atom is 0.182 e. The second-order valence-electron chi connectivity index (χ2n) is 5.33. The maximum absolute atomic E-state index is 12.2. The summed E-state index contributed by atoms with van der Waals surface area (Å²) in [4.78, 5) is 12.2. The first kappa shape index (κ1) is 13.6. The Morgan fingerprint density at radius 2 is 1.57 bits per heavy atom. The minimum absolute atomic E-state index is 0.101. The van der Waals surface area contributed by atoms with Gasteiger partial charge in [-0.3, -0.25) is 4.79 Å². The van der Waals surface area contributed by atoms with E-state index in [9.17, 15) is 4.79 Å². The molecule has 0 radical (unpaired) electrons. The van der Waals surface area contributed by atoms with E-state index in [0.717, 1.165) is 12.0 Å². The summed E-state index contributed by atoms with van der Waals surface area (Å²) in [5.41, 5.74) is 4.52. The first-order valence-corrected chi connectivity index (χ1v) is 7.29. The molecule has 1 atom stereocenters. The molecule has 0 N–H and O–H groups in total. The molecule has 0 bridgehead atoms.